The minimum absolute atomic E-state index is 0.0354. The Hall–Kier alpha value is -3.13. The van der Waals surface area contributed by atoms with Gasteiger partial charge >= 0.3 is 0 Å². The van der Waals surface area contributed by atoms with E-state index >= 15 is 0 Å². The van der Waals surface area contributed by atoms with Crippen LogP contribution in [0, 0.1) is 0 Å². The average Bonchev–Trinajstić information content (AvgIpc) is 3.37. The molecular weight excluding hydrogens is 378 g/mol. The lowest BCUT2D eigenvalue weighted by molar-refractivity contribution is -0.122. The van der Waals surface area contributed by atoms with Gasteiger partial charge in [0, 0.05) is 19.2 Å². The molecule has 144 valence electrons. The lowest BCUT2D eigenvalue weighted by Gasteiger charge is -2.28. The largest absolute Gasteiger partial charge is 0.497 e. The van der Waals surface area contributed by atoms with Crippen LogP contribution in [0.5, 0.6) is 5.75 Å². The summed E-state index contributed by atoms with van der Waals surface area (Å²) in [5.74, 6) is 0.805. The Morgan fingerprint density at radius 1 is 1.11 bits per heavy atom. The Labute approximate surface area is 167 Å². The second-order valence-electron chi connectivity index (χ2n) is 6.53. The van der Waals surface area contributed by atoms with Gasteiger partial charge in [-0.05, 0) is 61.5 Å². The van der Waals surface area contributed by atoms with Gasteiger partial charge in [-0.1, -0.05) is 0 Å². The lowest BCUT2D eigenvalue weighted by atomic mass is 10.1. The molecule has 8 heteroatoms. The van der Waals surface area contributed by atoms with Crippen LogP contribution in [0.1, 0.15) is 18.6 Å². The Kier molecular flexibility index (Phi) is 4.87. The van der Waals surface area contributed by atoms with Crippen LogP contribution in [-0.2, 0) is 9.59 Å². The first-order valence-electron chi connectivity index (χ1n) is 8.97. The highest BCUT2D eigenvalue weighted by Gasteiger charge is 2.34. The van der Waals surface area contributed by atoms with E-state index in [-0.39, 0.29) is 10.7 Å². The molecule has 0 spiro atoms. The number of hydrogen-bond acceptors (Lipinski definition) is 6. The third kappa shape index (κ3) is 3.38. The molecule has 4 rings (SSSR count). The van der Waals surface area contributed by atoms with Crippen molar-refractivity contribution >= 4 is 46.8 Å². The van der Waals surface area contributed by atoms with Crippen molar-refractivity contribution in [1.82, 2.24) is 5.32 Å². The summed E-state index contributed by atoms with van der Waals surface area (Å²) < 4.78 is 11.0. The summed E-state index contributed by atoms with van der Waals surface area (Å²) >= 11 is 5.20. The molecule has 1 N–H and O–H groups in total. The van der Waals surface area contributed by atoms with Crippen molar-refractivity contribution in [3.05, 3.63) is 47.7 Å². The van der Waals surface area contributed by atoms with Crippen molar-refractivity contribution in [2.75, 3.05) is 30.0 Å². The van der Waals surface area contributed by atoms with E-state index in [1.165, 1.54) is 11.0 Å². The summed E-state index contributed by atoms with van der Waals surface area (Å²) in [6.45, 7) is 1.89. The number of hydrogen-bond donors (Lipinski definition) is 1. The van der Waals surface area contributed by atoms with E-state index in [1.54, 1.807) is 37.4 Å². The summed E-state index contributed by atoms with van der Waals surface area (Å²) in [5.41, 5.74) is 0.505. The second-order valence-corrected chi connectivity index (χ2v) is 6.91. The fourth-order valence-corrected chi connectivity index (χ4v) is 3.57. The van der Waals surface area contributed by atoms with Gasteiger partial charge in [0.15, 0.2) is 11.0 Å². The number of carbonyl (C=O) groups is 2. The van der Waals surface area contributed by atoms with Gasteiger partial charge in [-0.3, -0.25) is 19.8 Å². The molecule has 0 atom stereocenters. The lowest BCUT2D eigenvalue weighted by Crippen LogP contribution is -2.54. The quantitative estimate of drug-likeness (QED) is 0.486. The number of nitrogens with one attached hydrogen (secondary N) is 1. The number of carbonyl (C=O) groups excluding carboxylic acids is 2. The number of amides is 2. The maximum Gasteiger partial charge on any atom is 0.270 e. The molecule has 1 aromatic carbocycles. The van der Waals surface area contributed by atoms with Crippen LogP contribution in [0.25, 0.3) is 6.08 Å². The molecule has 0 saturated carbocycles. The molecule has 28 heavy (non-hydrogen) atoms. The van der Waals surface area contributed by atoms with Crippen molar-refractivity contribution in [2.24, 2.45) is 0 Å². The number of anilines is 2. The van der Waals surface area contributed by atoms with Crippen LogP contribution >= 0.6 is 12.2 Å². The van der Waals surface area contributed by atoms with E-state index in [1.807, 2.05) is 6.07 Å². The molecule has 0 unspecified atom stereocenters. The highest BCUT2D eigenvalue weighted by atomic mass is 32.1. The van der Waals surface area contributed by atoms with Gasteiger partial charge in [0.2, 0.25) is 0 Å². The summed E-state index contributed by atoms with van der Waals surface area (Å²) in [4.78, 5) is 28.8. The average molecular weight is 397 g/mol. The van der Waals surface area contributed by atoms with Crippen molar-refractivity contribution in [1.29, 1.82) is 0 Å². The van der Waals surface area contributed by atoms with Crippen LogP contribution in [0.15, 0.2) is 46.4 Å². The Morgan fingerprint density at radius 2 is 1.82 bits per heavy atom. The van der Waals surface area contributed by atoms with Gasteiger partial charge in [0.25, 0.3) is 11.8 Å². The van der Waals surface area contributed by atoms with Crippen molar-refractivity contribution < 1.29 is 18.7 Å². The predicted octanol–water partition coefficient (Wildman–Crippen LogP) is 2.72. The van der Waals surface area contributed by atoms with Gasteiger partial charge in [-0.15, -0.1) is 0 Å². The number of methoxy groups -OCH3 is 1. The molecule has 2 aliphatic heterocycles. The number of benzene rings is 1. The van der Waals surface area contributed by atoms with Crippen LogP contribution in [-0.4, -0.2) is 37.1 Å². The molecule has 7 nitrogen and oxygen atoms in total. The van der Waals surface area contributed by atoms with Crippen LogP contribution in [0.4, 0.5) is 11.6 Å². The Morgan fingerprint density at radius 3 is 2.50 bits per heavy atom. The Bertz CT molecular complexity index is 958. The number of rotatable bonds is 4. The summed E-state index contributed by atoms with van der Waals surface area (Å²) in [6.07, 6.45) is 3.72. The summed E-state index contributed by atoms with van der Waals surface area (Å²) in [7, 11) is 1.56. The molecule has 3 heterocycles. The number of ether oxygens (including phenoxy) is 1. The highest BCUT2D eigenvalue weighted by Crippen LogP contribution is 2.27. The molecule has 0 radical (unpaired) electrons. The minimum Gasteiger partial charge on any atom is -0.497 e. The molecule has 1 aromatic heterocycles. The standard InChI is InChI=1S/C20H19N3O4S/c1-26-14-6-4-13(5-7-14)23-19(25)16(18(24)21-20(23)28)12-15-8-9-17(27-15)22-10-2-3-11-22/h4-9,12H,2-3,10-11H2,1H3,(H,21,24,28)/b16-12+. The SMILES string of the molecule is COc1ccc(N2C(=O)/C(=C/c3ccc(N4CCCC4)o3)C(=O)NC2=S)cc1. The Balaban J connectivity index is 1.62. The monoisotopic (exact) mass is 397 g/mol. The smallest absolute Gasteiger partial charge is 0.270 e. The van der Waals surface area contributed by atoms with E-state index in [2.05, 4.69) is 10.2 Å². The molecule has 2 saturated heterocycles. The molecule has 0 aliphatic carbocycles. The fraction of sp³-hybridized carbons (Fsp3) is 0.250. The van der Waals surface area contributed by atoms with Crippen molar-refractivity contribution in [3.8, 4) is 5.75 Å². The first-order valence-corrected chi connectivity index (χ1v) is 9.38. The van der Waals surface area contributed by atoms with Crippen LogP contribution in [0.3, 0.4) is 0 Å². The van der Waals surface area contributed by atoms with Crippen LogP contribution in [0.2, 0.25) is 0 Å². The van der Waals surface area contributed by atoms with E-state index in [9.17, 15) is 9.59 Å². The third-order valence-corrected chi connectivity index (χ3v) is 5.03. The summed E-state index contributed by atoms with van der Waals surface area (Å²) in [6, 6.07) is 10.5. The zero-order valence-corrected chi connectivity index (χ0v) is 16.1. The number of nitrogens with zero attached hydrogens (tertiary/aromatic N) is 2. The predicted molar refractivity (Wildman–Crippen MR) is 109 cm³/mol. The van der Waals surface area contributed by atoms with Gasteiger partial charge in [-0.2, -0.15) is 0 Å². The number of furan rings is 1. The summed E-state index contributed by atoms with van der Waals surface area (Å²) in [5, 5.41) is 2.60. The molecule has 2 aliphatic rings. The third-order valence-electron chi connectivity index (χ3n) is 4.75. The number of thiocarbonyl (C=S) groups is 1. The maximum absolute atomic E-state index is 13.0. The molecule has 2 aromatic rings. The van der Waals surface area contributed by atoms with Crippen molar-refractivity contribution in [3.63, 3.8) is 0 Å². The minimum atomic E-state index is -0.543. The highest BCUT2D eigenvalue weighted by molar-refractivity contribution is 7.80. The second kappa shape index (κ2) is 7.47. The molecule has 0 bridgehead atoms. The van der Waals surface area contributed by atoms with Gasteiger partial charge < -0.3 is 14.1 Å². The van der Waals surface area contributed by atoms with Crippen LogP contribution < -0.4 is 19.9 Å². The van der Waals surface area contributed by atoms with E-state index in [4.69, 9.17) is 21.4 Å². The topological polar surface area (TPSA) is 75.0 Å². The molecular formula is C20H19N3O4S. The van der Waals surface area contributed by atoms with Crippen molar-refractivity contribution in [2.45, 2.75) is 12.8 Å². The normalized spacial score (nSPS) is 18.8. The first kappa shape index (κ1) is 18.2. The van der Waals surface area contributed by atoms with Gasteiger partial charge in [0.05, 0.1) is 12.8 Å². The van der Waals surface area contributed by atoms with Gasteiger partial charge in [-0.25, -0.2) is 0 Å². The van der Waals surface area contributed by atoms with Gasteiger partial charge in [0.1, 0.15) is 17.1 Å². The fourth-order valence-electron chi connectivity index (χ4n) is 3.29. The first-order chi connectivity index (χ1) is 13.6. The zero-order chi connectivity index (χ0) is 19.7. The molecule has 2 fully saturated rings. The van der Waals surface area contributed by atoms with E-state index < -0.39 is 11.8 Å². The maximum atomic E-state index is 13.0. The van der Waals surface area contributed by atoms with E-state index in [0.717, 1.165) is 31.8 Å². The zero-order valence-electron chi connectivity index (χ0n) is 15.3. The molecule has 2 amide bonds. The van der Waals surface area contributed by atoms with E-state index in [0.29, 0.717) is 17.2 Å².